The molecule has 0 saturated carbocycles. The minimum Gasteiger partial charge on any atom is -0.376 e. The van der Waals surface area contributed by atoms with Gasteiger partial charge in [0.15, 0.2) is 0 Å². The monoisotopic (exact) mass is 654 g/mol. The first-order chi connectivity index (χ1) is 22.7. The third-order valence-electron chi connectivity index (χ3n) is 9.28. The minimum absolute atomic E-state index is 0.198. The van der Waals surface area contributed by atoms with Gasteiger partial charge in [-0.25, -0.2) is 0 Å². The van der Waals surface area contributed by atoms with Crippen LogP contribution in [0.1, 0.15) is 52.4 Å². The molecule has 3 aliphatic heterocycles. The van der Waals surface area contributed by atoms with Gasteiger partial charge in [0.1, 0.15) is 10.7 Å². The Morgan fingerprint density at radius 1 is 0.696 bits per heavy atom. The fourth-order valence-electron chi connectivity index (χ4n) is 6.98. The van der Waals surface area contributed by atoms with E-state index in [1.165, 1.54) is 70.6 Å². The first-order valence-electron chi connectivity index (χ1n) is 16.0. The molecule has 1 aromatic heterocycles. The molecule has 1 aliphatic carbocycles. The van der Waals surface area contributed by atoms with E-state index in [9.17, 15) is 0 Å². The molecule has 3 N–H and O–H groups in total. The summed E-state index contributed by atoms with van der Waals surface area (Å²) in [5.41, 5.74) is 11.7. The summed E-state index contributed by atoms with van der Waals surface area (Å²) in [4.78, 5) is 3.88. The average molecular weight is 655 g/mol. The van der Waals surface area contributed by atoms with Crippen LogP contribution in [0.4, 0.5) is 11.4 Å². The fourth-order valence-corrected chi connectivity index (χ4v) is 10.3. The van der Waals surface area contributed by atoms with Crippen molar-refractivity contribution in [2.24, 2.45) is 0 Å². The van der Waals surface area contributed by atoms with E-state index >= 15 is 0 Å². The summed E-state index contributed by atoms with van der Waals surface area (Å²) in [6, 6.07) is 33.5. The molecule has 0 amide bonds. The van der Waals surface area contributed by atoms with E-state index in [1.54, 1.807) is 0 Å². The number of benzene rings is 4. The molecule has 228 valence electrons. The molecular formula is C39H34N4S3. The van der Waals surface area contributed by atoms with Gasteiger partial charge in [0.2, 0.25) is 0 Å². The topological polar surface area (TPSA) is 41.0 Å². The fraction of sp³-hybridized carbons (Fsp3) is 0.179. The predicted octanol–water partition coefficient (Wildman–Crippen LogP) is 10.9. The highest BCUT2D eigenvalue weighted by atomic mass is 32.2. The minimum atomic E-state index is 0.198. The third kappa shape index (κ3) is 5.05. The van der Waals surface area contributed by atoms with Gasteiger partial charge in [-0.05, 0) is 102 Å². The van der Waals surface area contributed by atoms with Crippen molar-refractivity contribution in [1.82, 2.24) is 9.88 Å². The van der Waals surface area contributed by atoms with Crippen molar-refractivity contribution in [3.8, 4) is 5.69 Å². The Bertz CT molecular complexity index is 2010. The van der Waals surface area contributed by atoms with E-state index in [-0.39, 0.29) is 16.1 Å². The standard InChI is InChI=1S/C39H34N4S3/c1-24-8-6-7-21-40-37(44-24)26-15-19-33-29(22-26)30-23-27(39-42-32-10-3-5-12-36(32)46-39)16-20-34(30)43(33)28-17-13-25(14-18-28)38-41-31-9-2-4-11-35(31)45-38/h2-5,7,9-14,16-18,20-23,37-42H,1,6,8,15,19H2/b21-7-. The number of allylic oxidation sites excluding steroid dienone is 2. The zero-order valence-electron chi connectivity index (χ0n) is 25.3. The molecule has 5 aromatic rings. The number of nitrogens with one attached hydrogen (secondary N) is 3. The quantitative estimate of drug-likeness (QED) is 0.179. The Morgan fingerprint density at radius 3 is 2.13 bits per heavy atom. The maximum atomic E-state index is 4.36. The van der Waals surface area contributed by atoms with Crippen molar-refractivity contribution < 1.29 is 0 Å². The van der Waals surface area contributed by atoms with Crippen LogP contribution in [0.2, 0.25) is 0 Å². The van der Waals surface area contributed by atoms with Crippen LogP contribution in [-0.2, 0) is 6.42 Å². The lowest BCUT2D eigenvalue weighted by Crippen LogP contribution is -2.25. The molecule has 4 nitrogen and oxygen atoms in total. The highest BCUT2D eigenvalue weighted by Crippen LogP contribution is 2.49. The molecule has 9 rings (SSSR count). The molecule has 7 heteroatoms. The SMILES string of the molecule is C=C1CC/C=C\NC(C2=Cc3c(n(-c4ccc(C5Nc6ccccc6S5)cc4)c4ccc(C5Nc6ccccc6S5)cc34)CC2)S1. The molecule has 4 heterocycles. The molecule has 4 aliphatic rings. The van der Waals surface area contributed by atoms with Crippen molar-refractivity contribution in [2.45, 2.75) is 51.6 Å². The maximum absolute atomic E-state index is 4.36. The lowest BCUT2D eigenvalue weighted by Gasteiger charge is -2.26. The number of aromatic nitrogens is 1. The number of rotatable bonds is 4. The number of para-hydroxylation sites is 2. The normalized spacial score (nSPS) is 22.4. The van der Waals surface area contributed by atoms with Crippen LogP contribution < -0.4 is 16.0 Å². The Hall–Kier alpha value is -3.91. The summed E-state index contributed by atoms with van der Waals surface area (Å²) in [6.07, 6.45) is 10.9. The number of fused-ring (bicyclic) bond motifs is 5. The summed E-state index contributed by atoms with van der Waals surface area (Å²) in [6.45, 7) is 4.36. The first-order valence-corrected chi connectivity index (χ1v) is 18.6. The van der Waals surface area contributed by atoms with E-state index < -0.39 is 0 Å². The van der Waals surface area contributed by atoms with E-state index in [4.69, 9.17) is 0 Å². The van der Waals surface area contributed by atoms with Crippen molar-refractivity contribution in [3.63, 3.8) is 0 Å². The zero-order valence-corrected chi connectivity index (χ0v) is 27.8. The molecule has 0 bridgehead atoms. The number of anilines is 2. The van der Waals surface area contributed by atoms with Gasteiger partial charge in [0, 0.05) is 43.5 Å². The summed E-state index contributed by atoms with van der Waals surface area (Å²) >= 11 is 5.68. The van der Waals surface area contributed by atoms with E-state index in [0.29, 0.717) is 0 Å². The second-order valence-corrected chi connectivity index (χ2v) is 15.8. The lowest BCUT2D eigenvalue weighted by molar-refractivity contribution is 0.772. The van der Waals surface area contributed by atoms with Crippen molar-refractivity contribution in [1.29, 1.82) is 0 Å². The summed E-state index contributed by atoms with van der Waals surface area (Å²) < 4.78 is 2.51. The molecule has 4 aromatic carbocycles. The number of nitrogens with zero attached hydrogens (tertiary/aromatic N) is 1. The van der Waals surface area contributed by atoms with Crippen molar-refractivity contribution in [3.05, 3.63) is 143 Å². The molecule has 0 spiro atoms. The van der Waals surface area contributed by atoms with Crippen LogP contribution in [0.3, 0.4) is 0 Å². The number of hydrogen-bond donors (Lipinski definition) is 3. The van der Waals surface area contributed by atoms with E-state index in [1.807, 2.05) is 35.3 Å². The van der Waals surface area contributed by atoms with Crippen LogP contribution in [-0.4, -0.2) is 9.94 Å². The van der Waals surface area contributed by atoms with Crippen LogP contribution in [0.5, 0.6) is 0 Å². The molecule has 3 atom stereocenters. The van der Waals surface area contributed by atoms with Gasteiger partial charge in [0.25, 0.3) is 0 Å². The zero-order chi connectivity index (χ0) is 30.6. The Kier molecular flexibility index (Phi) is 7.21. The smallest absolute Gasteiger partial charge is 0.103 e. The average Bonchev–Trinajstić information content (AvgIpc) is 3.80. The van der Waals surface area contributed by atoms with Gasteiger partial charge in [-0.15, -0.1) is 11.8 Å². The summed E-state index contributed by atoms with van der Waals surface area (Å²) in [5.74, 6) is 0. The van der Waals surface area contributed by atoms with Crippen molar-refractivity contribution in [2.75, 3.05) is 10.6 Å². The van der Waals surface area contributed by atoms with Crippen LogP contribution in [0, 0.1) is 0 Å². The maximum Gasteiger partial charge on any atom is 0.103 e. The Labute approximate surface area is 282 Å². The second kappa shape index (κ2) is 11.7. The van der Waals surface area contributed by atoms with Gasteiger partial charge >= 0.3 is 0 Å². The predicted molar refractivity (Wildman–Crippen MR) is 199 cm³/mol. The Balaban J connectivity index is 1.11. The molecule has 0 radical (unpaired) electrons. The van der Waals surface area contributed by atoms with E-state index in [0.717, 1.165) is 25.7 Å². The van der Waals surface area contributed by atoms with Crippen molar-refractivity contribution >= 4 is 63.6 Å². The second-order valence-electron chi connectivity index (χ2n) is 12.2. The number of hydrogen-bond acceptors (Lipinski definition) is 6. The van der Waals surface area contributed by atoms with Crippen LogP contribution in [0.15, 0.2) is 130 Å². The largest absolute Gasteiger partial charge is 0.376 e. The molecule has 0 fully saturated rings. The molecular weight excluding hydrogens is 621 g/mol. The summed E-state index contributed by atoms with van der Waals surface area (Å²) in [7, 11) is 0. The van der Waals surface area contributed by atoms with Gasteiger partial charge in [-0.2, -0.15) is 0 Å². The molecule has 46 heavy (non-hydrogen) atoms. The van der Waals surface area contributed by atoms with Crippen LogP contribution in [0.25, 0.3) is 22.7 Å². The van der Waals surface area contributed by atoms with Crippen LogP contribution >= 0.6 is 35.3 Å². The van der Waals surface area contributed by atoms with Gasteiger partial charge < -0.3 is 20.5 Å². The van der Waals surface area contributed by atoms with Gasteiger partial charge in [0.05, 0.1) is 10.9 Å². The third-order valence-corrected chi connectivity index (χ3v) is 13.0. The number of thioether (sulfide) groups is 3. The lowest BCUT2D eigenvalue weighted by atomic mass is 9.95. The molecule has 0 saturated heterocycles. The highest BCUT2D eigenvalue weighted by Gasteiger charge is 2.28. The van der Waals surface area contributed by atoms with Gasteiger partial charge in [-0.1, -0.05) is 84.7 Å². The van der Waals surface area contributed by atoms with Gasteiger partial charge in [-0.3, -0.25) is 0 Å². The highest BCUT2D eigenvalue weighted by molar-refractivity contribution is 8.03. The first kappa shape index (κ1) is 28.3. The Morgan fingerprint density at radius 2 is 1.39 bits per heavy atom. The summed E-state index contributed by atoms with van der Waals surface area (Å²) in [5, 5.41) is 13.1. The van der Waals surface area contributed by atoms with E-state index in [2.05, 4.69) is 136 Å². The molecule has 3 unspecified atom stereocenters.